The van der Waals surface area contributed by atoms with Crippen LogP contribution in [0.5, 0.6) is 0 Å². The summed E-state index contributed by atoms with van der Waals surface area (Å²) in [5.74, 6) is 0.758. The molecule has 0 spiro atoms. The molecule has 0 saturated heterocycles. The lowest BCUT2D eigenvalue weighted by molar-refractivity contribution is -0.122. The first-order valence-corrected chi connectivity index (χ1v) is 5.51. The molecule has 0 aliphatic rings. The van der Waals surface area contributed by atoms with E-state index in [0.29, 0.717) is 13.0 Å². The van der Waals surface area contributed by atoms with Crippen molar-refractivity contribution in [3.05, 3.63) is 12.2 Å². The normalized spacial score (nSPS) is 12.4. The lowest BCUT2D eigenvalue weighted by Gasteiger charge is -2.10. The highest BCUT2D eigenvalue weighted by Gasteiger charge is 2.11. The van der Waals surface area contributed by atoms with E-state index in [2.05, 4.69) is 15.5 Å². The van der Waals surface area contributed by atoms with E-state index in [1.54, 1.807) is 6.33 Å². The summed E-state index contributed by atoms with van der Waals surface area (Å²) < 4.78 is 1.83. The number of amides is 1. The number of nitrogens with one attached hydrogen (secondary N) is 1. The molecular weight excluding hydrogens is 206 g/mol. The highest BCUT2D eigenvalue weighted by atomic mass is 16.2. The van der Waals surface area contributed by atoms with Gasteiger partial charge in [0.15, 0.2) is 0 Å². The molecule has 6 heteroatoms. The van der Waals surface area contributed by atoms with E-state index in [9.17, 15) is 4.79 Å². The number of carbonyl (C=O) groups is 1. The van der Waals surface area contributed by atoms with Crippen LogP contribution >= 0.6 is 0 Å². The number of hydrogen-bond donors (Lipinski definition) is 2. The van der Waals surface area contributed by atoms with Gasteiger partial charge < -0.3 is 15.6 Å². The average Bonchev–Trinajstić information content (AvgIpc) is 2.65. The van der Waals surface area contributed by atoms with Gasteiger partial charge in [0.2, 0.25) is 5.91 Å². The van der Waals surface area contributed by atoms with Crippen molar-refractivity contribution in [3.8, 4) is 0 Å². The second-order valence-corrected chi connectivity index (χ2v) is 3.79. The van der Waals surface area contributed by atoms with E-state index < -0.39 is 6.04 Å². The zero-order chi connectivity index (χ0) is 12.0. The van der Waals surface area contributed by atoms with Crippen molar-refractivity contribution < 1.29 is 4.79 Å². The van der Waals surface area contributed by atoms with Gasteiger partial charge >= 0.3 is 0 Å². The Hall–Kier alpha value is -1.43. The third kappa shape index (κ3) is 3.62. The van der Waals surface area contributed by atoms with Crippen LogP contribution in [-0.2, 0) is 18.3 Å². The molecule has 0 unspecified atom stereocenters. The minimum absolute atomic E-state index is 0.0935. The molecule has 1 aromatic rings. The summed E-state index contributed by atoms with van der Waals surface area (Å²) in [6.07, 6.45) is 3.94. The lowest BCUT2D eigenvalue weighted by atomic mass is 10.1. The van der Waals surface area contributed by atoms with Gasteiger partial charge in [0.05, 0.1) is 6.04 Å². The van der Waals surface area contributed by atoms with Gasteiger partial charge in [-0.15, -0.1) is 10.2 Å². The molecule has 6 nitrogen and oxygen atoms in total. The molecule has 0 aromatic carbocycles. The number of aryl methyl sites for hydroxylation is 1. The quantitative estimate of drug-likeness (QED) is 0.690. The molecule has 16 heavy (non-hydrogen) atoms. The van der Waals surface area contributed by atoms with Crippen LogP contribution in [0, 0.1) is 0 Å². The molecule has 1 amide bonds. The van der Waals surface area contributed by atoms with Gasteiger partial charge in [-0.25, -0.2) is 0 Å². The van der Waals surface area contributed by atoms with E-state index in [0.717, 1.165) is 18.7 Å². The first kappa shape index (κ1) is 12.6. The Labute approximate surface area is 95.2 Å². The Morgan fingerprint density at radius 2 is 2.44 bits per heavy atom. The van der Waals surface area contributed by atoms with Crippen molar-refractivity contribution in [2.45, 2.75) is 32.2 Å². The zero-order valence-corrected chi connectivity index (χ0v) is 9.81. The van der Waals surface area contributed by atoms with Crippen LogP contribution in [0.3, 0.4) is 0 Å². The standard InChI is InChI=1S/C10H19N5O/c1-3-4-8(11)10(16)12-6-5-9-14-13-7-15(9)2/h7-8H,3-6,11H2,1-2H3,(H,12,16)/t8-/m1/s1. The minimum atomic E-state index is -0.399. The Morgan fingerprint density at radius 1 is 1.69 bits per heavy atom. The molecule has 3 N–H and O–H groups in total. The van der Waals surface area contributed by atoms with Crippen LogP contribution in [0.4, 0.5) is 0 Å². The van der Waals surface area contributed by atoms with E-state index in [1.807, 2.05) is 18.5 Å². The van der Waals surface area contributed by atoms with Crippen molar-refractivity contribution in [1.82, 2.24) is 20.1 Å². The van der Waals surface area contributed by atoms with E-state index in [4.69, 9.17) is 5.73 Å². The fraction of sp³-hybridized carbons (Fsp3) is 0.700. The van der Waals surface area contributed by atoms with Crippen LogP contribution in [-0.4, -0.2) is 33.3 Å². The van der Waals surface area contributed by atoms with Gasteiger partial charge in [-0.3, -0.25) is 4.79 Å². The highest BCUT2D eigenvalue weighted by Crippen LogP contribution is 1.94. The number of carbonyl (C=O) groups excluding carboxylic acids is 1. The van der Waals surface area contributed by atoms with Crippen LogP contribution < -0.4 is 11.1 Å². The average molecular weight is 225 g/mol. The van der Waals surface area contributed by atoms with Crippen molar-refractivity contribution >= 4 is 5.91 Å². The van der Waals surface area contributed by atoms with E-state index in [-0.39, 0.29) is 5.91 Å². The first-order valence-electron chi connectivity index (χ1n) is 5.51. The third-order valence-corrected chi connectivity index (χ3v) is 2.39. The fourth-order valence-corrected chi connectivity index (χ4v) is 1.40. The SMILES string of the molecule is CCC[C@@H](N)C(=O)NCCc1nncn1C. The molecule has 0 saturated carbocycles. The summed E-state index contributed by atoms with van der Waals surface area (Å²) in [4.78, 5) is 11.5. The zero-order valence-electron chi connectivity index (χ0n) is 9.81. The summed E-state index contributed by atoms with van der Waals surface area (Å²) >= 11 is 0. The Balaban J connectivity index is 2.25. The fourth-order valence-electron chi connectivity index (χ4n) is 1.40. The topological polar surface area (TPSA) is 85.8 Å². The number of aromatic nitrogens is 3. The second kappa shape index (κ2) is 6.22. The summed E-state index contributed by atoms with van der Waals surface area (Å²) in [5.41, 5.74) is 5.67. The van der Waals surface area contributed by atoms with Crippen LogP contribution in [0.25, 0.3) is 0 Å². The number of rotatable bonds is 6. The molecule has 1 aromatic heterocycles. The second-order valence-electron chi connectivity index (χ2n) is 3.79. The van der Waals surface area contributed by atoms with Crippen LogP contribution in [0.1, 0.15) is 25.6 Å². The van der Waals surface area contributed by atoms with Crippen LogP contribution in [0.2, 0.25) is 0 Å². The summed E-state index contributed by atoms with van der Waals surface area (Å²) in [7, 11) is 1.87. The van der Waals surface area contributed by atoms with Gasteiger partial charge in [-0.1, -0.05) is 13.3 Å². The summed E-state index contributed by atoms with van der Waals surface area (Å²) in [6, 6.07) is -0.399. The molecule has 1 atom stereocenters. The largest absolute Gasteiger partial charge is 0.354 e. The maximum Gasteiger partial charge on any atom is 0.236 e. The molecule has 0 aliphatic carbocycles. The Kier molecular flexibility index (Phi) is 4.91. The molecule has 1 heterocycles. The maximum absolute atomic E-state index is 11.5. The third-order valence-electron chi connectivity index (χ3n) is 2.39. The van der Waals surface area contributed by atoms with Gasteiger partial charge in [0, 0.05) is 20.0 Å². The smallest absolute Gasteiger partial charge is 0.236 e. The molecule has 1 rings (SSSR count). The highest BCUT2D eigenvalue weighted by molar-refractivity contribution is 5.81. The van der Waals surface area contributed by atoms with Crippen molar-refractivity contribution in [3.63, 3.8) is 0 Å². The predicted molar refractivity (Wildman–Crippen MR) is 60.6 cm³/mol. The number of nitrogens with two attached hydrogens (primary N) is 1. The van der Waals surface area contributed by atoms with Gasteiger partial charge in [-0.2, -0.15) is 0 Å². The molecule has 0 radical (unpaired) electrons. The van der Waals surface area contributed by atoms with E-state index in [1.165, 1.54) is 0 Å². The van der Waals surface area contributed by atoms with Crippen molar-refractivity contribution in [2.75, 3.05) is 6.54 Å². The van der Waals surface area contributed by atoms with Crippen molar-refractivity contribution in [2.24, 2.45) is 12.8 Å². The van der Waals surface area contributed by atoms with Crippen molar-refractivity contribution in [1.29, 1.82) is 0 Å². The van der Waals surface area contributed by atoms with E-state index >= 15 is 0 Å². The molecule has 90 valence electrons. The lowest BCUT2D eigenvalue weighted by Crippen LogP contribution is -2.41. The number of nitrogens with zero attached hydrogens (tertiary/aromatic N) is 3. The molecule has 0 aliphatic heterocycles. The molecular formula is C10H19N5O. The predicted octanol–water partition coefficient (Wildman–Crippen LogP) is -0.399. The van der Waals surface area contributed by atoms with Gasteiger partial charge in [0.25, 0.3) is 0 Å². The molecule has 0 bridgehead atoms. The minimum Gasteiger partial charge on any atom is -0.354 e. The number of hydrogen-bond acceptors (Lipinski definition) is 4. The Morgan fingerprint density at radius 3 is 3.00 bits per heavy atom. The molecule has 0 fully saturated rings. The van der Waals surface area contributed by atoms with Crippen LogP contribution in [0.15, 0.2) is 6.33 Å². The van der Waals surface area contributed by atoms with Gasteiger partial charge in [-0.05, 0) is 6.42 Å². The summed E-state index contributed by atoms with van der Waals surface area (Å²) in [6.45, 7) is 2.55. The Bertz CT molecular complexity index is 336. The monoisotopic (exact) mass is 225 g/mol. The first-order chi connectivity index (χ1) is 7.65. The maximum atomic E-state index is 11.5. The summed E-state index contributed by atoms with van der Waals surface area (Å²) in [5, 5.41) is 10.5. The van der Waals surface area contributed by atoms with Gasteiger partial charge in [0.1, 0.15) is 12.2 Å².